The standard InChI is InChI=1S/C19H21FN4S/c1-3-14-4-8-16(9-5-14)18-21-19(25)24(22-18)13-23(2)12-15-6-10-17(20)11-7-15/h4-11H,3,12-13H2,1-2H3,(H,21,22,25)/p+1. The highest BCUT2D eigenvalue weighted by Gasteiger charge is 2.10. The van der Waals surface area contributed by atoms with E-state index in [4.69, 9.17) is 12.2 Å². The molecule has 6 heteroatoms. The van der Waals surface area contributed by atoms with Crippen LogP contribution in [-0.4, -0.2) is 21.8 Å². The first-order chi connectivity index (χ1) is 12.0. The summed E-state index contributed by atoms with van der Waals surface area (Å²) in [5.41, 5.74) is 3.41. The normalized spacial score (nSPS) is 12.3. The Bertz CT molecular complexity index is 881. The van der Waals surface area contributed by atoms with Gasteiger partial charge in [-0.15, -0.1) is 0 Å². The van der Waals surface area contributed by atoms with E-state index in [9.17, 15) is 4.39 Å². The minimum absolute atomic E-state index is 0.212. The number of aryl methyl sites for hydroxylation is 1. The molecule has 1 unspecified atom stereocenters. The molecule has 3 aromatic rings. The molecule has 0 bridgehead atoms. The zero-order valence-electron chi connectivity index (χ0n) is 14.4. The van der Waals surface area contributed by atoms with E-state index >= 15 is 0 Å². The molecule has 25 heavy (non-hydrogen) atoms. The molecule has 0 aliphatic rings. The number of hydrogen-bond acceptors (Lipinski definition) is 2. The smallest absolute Gasteiger partial charge is 0.221 e. The summed E-state index contributed by atoms with van der Waals surface area (Å²) in [5.74, 6) is 0.568. The number of nitrogens with one attached hydrogen (secondary N) is 2. The third-order valence-corrected chi connectivity index (χ3v) is 4.47. The average molecular weight is 357 g/mol. The lowest BCUT2D eigenvalue weighted by Gasteiger charge is -2.14. The molecule has 0 radical (unpaired) electrons. The van der Waals surface area contributed by atoms with Crippen LogP contribution in [0.2, 0.25) is 0 Å². The van der Waals surface area contributed by atoms with Crippen molar-refractivity contribution in [3.05, 3.63) is 70.2 Å². The topological polar surface area (TPSA) is 38.0 Å². The van der Waals surface area contributed by atoms with Gasteiger partial charge in [-0.1, -0.05) is 43.3 Å². The summed E-state index contributed by atoms with van der Waals surface area (Å²) in [6.45, 7) is 3.58. The molecule has 130 valence electrons. The van der Waals surface area contributed by atoms with Gasteiger partial charge >= 0.3 is 0 Å². The molecule has 0 saturated heterocycles. The van der Waals surface area contributed by atoms with Crippen molar-refractivity contribution < 1.29 is 9.29 Å². The van der Waals surface area contributed by atoms with E-state index < -0.39 is 0 Å². The molecular formula is C19H22FN4S+. The van der Waals surface area contributed by atoms with E-state index in [0.29, 0.717) is 11.4 Å². The Morgan fingerprint density at radius 3 is 2.36 bits per heavy atom. The first kappa shape index (κ1) is 17.5. The monoisotopic (exact) mass is 357 g/mol. The van der Waals surface area contributed by atoms with Gasteiger partial charge in [-0.05, 0) is 36.3 Å². The van der Waals surface area contributed by atoms with E-state index in [1.807, 2.05) is 16.8 Å². The predicted octanol–water partition coefficient (Wildman–Crippen LogP) is 2.98. The summed E-state index contributed by atoms with van der Waals surface area (Å²) in [6.07, 6.45) is 1.02. The fourth-order valence-electron chi connectivity index (χ4n) is 2.77. The van der Waals surface area contributed by atoms with Crippen molar-refractivity contribution in [1.82, 2.24) is 14.8 Å². The molecule has 2 aromatic carbocycles. The van der Waals surface area contributed by atoms with Gasteiger partial charge in [-0.25, -0.2) is 9.07 Å². The van der Waals surface area contributed by atoms with E-state index in [2.05, 4.69) is 48.3 Å². The Hall–Kier alpha value is -2.31. The number of H-pyrrole nitrogens is 1. The van der Waals surface area contributed by atoms with Crippen molar-refractivity contribution in [2.24, 2.45) is 0 Å². The second kappa shape index (κ2) is 7.72. The Labute approximate surface area is 151 Å². The van der Waals surface area contributed by atoms with Gasteiger partial charge in [0, 0.05) is 11.1 Å². The quantitative estimate of drug-likeness (QED) is 0.666. The van der Waals surface area contributed by atoms with E-state index in [0.717, 1.165) is 29.9 Å². The number of rotatable bonds is 6. The van der Waals surface area contributed by atoms with Crippen LogP contribution in [0.25, 0.3) is 11.4 Å². The molecule has 1 aromatic heterocycles. The predicted molar refractivity (Wildman–Crippen MR) is 99.2 cm³/mol. The third-order valence-electron chi connectivity index (χ3n) is 4.16. The van der Waals surface area contributed by atoms with Crippen LogP contribution in [0.4, 0.5) is 4.39 Å². The SMILES string of the molecule is CCc1ccc(-c2nc(=S)n(C[NH+](C)Cc3ccc(F)cc3)[nH]2)cc1. The maximum atomic E-state index is 13.0. The summed E-state index contributed by atoms with van der Waals surface area (Å²) in [7, 11) is 2.07. The lowest BCUT2D eigenvalue weighted by atomic mass is 10.1. The first-order valence-electron chi connectivity index (χ1n) is 8.37. The second-order valence-electron chi connectivity index (χ2n) is 6.25. The van der Waals surface area contributed by atoms with E-state index in [1.165, 1.54) is 22.6 Å². The number of nitrogens with zero attached hydrogens (tertiary/aromatic N) is 2. The molecule has 1 atom stereocenters. The molecule has 1 heterocycles. The number of hydrogen-bond donors (Lipinski definition) is 2. The zero-order chi connectivity index (χ0) is 17.8. The van der Waals surface area contributed by atoms with Gasteiger partial charge in [0.05, 0.1) is 7.05 Å². The summed E-state index contributed by atoms with van der Waals surface area (Å²) in [4.78, 5) is 5.69. The largest absolute Gasteiger partial charge is 0.315 e. The van der Waals surface area contributed by atoms with Crippen LogP contribution < -0.4 is 4.90 Å². The lowest BCUT2D eigenvalue weighted by molar-refractivity contribution is -0.917. The molecule has 0 aliphatic heterocycles. The Morgan fingerprint density at radius 1 is 1.08 bits per heavy atom. The molecule has 0 fully saturated rings. The van der Waals surface area contributed by atoms with Gasteiger partial charge in [0.25, 0.3) is 0 Å². The van der Waals surface area contributed by atoms with Crippen LogP contribution in [0, 0.1) is 10.6 Å². The van der Waals surface area contributed by atoms with Crippen LogP contribution in [0.1, 0.15) is 18.1 Å². The van der Waals surface area contributed by atoms with Gasteiger partial charge < -0.3 is 4.90 Å². The van der Waals surface area contributed by atoms with Crippen molar-refractivity contribution in [3.63, 3.8) is 0 Å². The van der Waals surface area contributed by atoms with Crippen molar-refractivity contribution in [3.8, 4) is 11.4 Å². The number of halogens is 1. The van der Waals surface area contributed by atoms with Crippen LogP contribution in [0.5, 0.6) is 0 Å². The van der Waals surface area contributed by atoms with Gasteiger partial charge in [0.15, 0.2) is 12.5 Å². The summed E-state index contributed by atoms with van der Waals surface area (Å²) >= 11 is 5.38. The first-order valence-corrected chi connectivity index (χ1v) is 8.78. The van der Waals surface area contributed by atoms with Crippen molar-refractivity contribution in [2.45, 2.75) is 26.6 Å². The molecular weight excluding hydrogens is 335 g/mol. The summed E-state index contributed by atoms with van der Waals surface area (Å²) < 4.78 is 15.4. The molecule has 2 N–H and O–H groups in total. The van der Waals surface area contributed by atoms with Crippen molar-refractivity contribution >= 4 is 12.2 Å². The van der Waals surface area contributed by atoms with Crippen LogP contribution >= 0.6 is 12.2 Å². The fourth-order valence-corrected chi connectivity index (χ4v) is 2.97. The van der Waals surface area contributed by atoms with Gasteiger partial charge in [0.2, 0.25) is 4.77 Å². The second-order valence-corrected chi connectivity index (χ2v) is 6.62. The van der Waals surface area contributed by atoms with Crippen LogP contribution in [0.15, 0.2) is 48.5 Å². The van der Waals surface area contributed by atoms with E-state index in [-0.39, 0.29) is 5.82 Å². The third kappa shape index (κ3) is 4.41. The van der Waals surface area contributed by atoms with Crippen molar-refractivity contribution in [1.29, 1.82) is 0 Å². The van der Waals surface area contributed by atoms with Gasteiger partial charge in [0.1, 0.15) is 12.4 Å². The van der Waals surface area contributed by atoms with Gasteiger partial charge in [-0.3, -0.25) is 5.10 Å². The van der Waals surface area contributed by atoms with Crippen LogP contribution in [-0.2, 0) is 19.6 Å². The molecule has 4 nitrogen and oxygen atoms in total. The highest BCUT2D eigenvalue weighted by Crippen LogP contribution is 2.15. The average Bonchev–Trinajstić information content (AvgIpc) is 2.97. The molecule has 0 amide bonds. The highest BCUT2D eigenvalue weighted by atomic mass is 32.1. The van der Waals surface area contributed by atoms with E-state index in [1.54, 1.807) is 0 Å². The summed E-state index contributed by atoms with van der Waals surface area (Å²) in [6, 6.07) is 14.9. The fraction of sp³-hybridized carbons (Fsp3) is 0.263. The number of quaternary nitrogens is 1. The Balaban J connectivity index is 1.71. The highest BCUT2D eigenvalue weighted by molar-refractivity contribution is 7.71. The zero-order valence-corrected chi connectivity index (χ0v) is 15.2. The minimum Gasteiger partial charge on any atom is -0.315 e. The van der Waals surface area contributed by atoms with Gasteiger partial charge in [-0.2, -0.15) is 4.98 Å². The number of aromatic amines is 1. The number of benzene rings is 2. The van der Waals surface area contributed by atoms with Crippen LogP contribution in [0.3, 0.4) is 0 Å². The molecule has 0 saturated carbocycles. The number of aromatic nitrogens is 3. The summed E-state index contributed by atoms with van der Waals surface area (Å²) in [5, 5.41) is 3.28. The van der Waals surface area contributed by atoms with Crippen molar-refractivity contribution in [2.75, 3.05) is 7.05 Å². The molecule has 0 spiro atoms. The molecule has 3 rings (SSSR count). The maximum Gasteiger partial charge on any atom is 0.221 e. The molecule has 0 aliphatic carbocycles. The minimum atomic E-state index is -0.212. The lowest BCUT2D eigenvalue weighted by Crippen LogP contribution is -3.07. The Morgan fingerprint density at radius 2 is 1.72 bits per heavy atom. The Kier molecular flexibility index (Phi) is 5.40. The maximum absolute atomic E-state index is 13.0.